The zero-order chi connectivity index (χ0) is 8.97. The number of aliphatic hydroxyl groups is 1. The van der Waals surface area contributed by atoms with Crippen LogP contribution in [0.4, 0.5) is 0 Å². The molecule has 0 saturated carbocycles. The van der Waals surface area contributed by atoms with E-state index < -0.39 is 0 Å². The Morgan fingerprint density at radius 3 is 2.92 bits per heavy atom. The molecule has 1 N–H and O–H groups in total. The highest BCUT2D eigenvalue weighted by Crippen LogP contribution is 1.97. The minimum absolute atomic E-state index is 0.0629. The van der Waals surface area contributed by atoms with Crippen molar-refractivity contribution >= 4 is 0 Å². The average molecular weight is 169 g/mol. The maximum atomic E-state index is 8.90. The number of hydrogen-bond donors (Lipinski definition) is 1. The van der Waals surface area contributed by atoms with Gasteiger partial charge in [-0.05, 0) is 20.2 Å². The SMILES string of the molecule is CN(C)CCn1nccc1CO. The second kappa shape index (κ2) is 4.23. The van der Waals surface area contributed by atoms with E-state index in [0.29, 0.717) is 0 Å². The van der Waals surface area contributed by atoms with Gasteiger partial charge in [0.25, 0.3) is 0 Å². The second-order valence-electron chi connectivity index (χ2n) is 3.01. The summed E-state index contributed by atoms with van der Waals surface area (Å²) in [5.74, 6) is 0. The molecule has 0 spiro atoms. The summed E-state index contributed by atoms with van der Waals surface area (Å²) in [6, 6.07) is 1.83. The molecule has 0 amide bonds. The van der Waals surface area contributed by atoms with E-state index in [9.17, 15) is 0 Å². The largest absolute Gasteiger partial charge is 0.390 e. The summed E-state index contributed by atoms with van der Waals surface area (Å²) in [4.78, 5) is 2.09. The fourth-order valence-corrected chi connectivity index (χ4v) is 0.990. The van der Waals surface area contributed by atoms with Gasteiger partial charge in [-0.1, -0.05) is 0 Å². The standard InChI is InChI=1S/C8H15N3O/c1-10(2)5-6-11-8(7-12)3-4-9-11/h3-4,12H,5-7H2,1-2H3. The maximum absolute atomic E-state index is 8.90. The fourth-order valence-electron chi connectivity index (χ4n) is 0.990. The van der Waals surface area contributed by atoms with Gasteiger partial charge in [0.05, 0.1) is 18.8 Å². The van der Waals surface area contributed by atoms with Gasteiger partial charge in [-0.3, -0.25) is 4.68 Å². The molecule has 0 aromatic carbocycles. The molecule has 0 saturated heterocycles. The van der Waals surface area contributed by atoms with Crippen LogP contribution in [0.2, 0.25) is 0 Å². The molecular formula is C8H15N3O. The highest BCUT2D eigenvalue weighted by Gasteiger charge is 1.99. The topological polar surface area (TPSA) is 41.3 Å². The monoisotopic (exact) mass is 169 g/mol. The van der Waals surface area contributed by atoms with Gasteiger partial charge in [0, 0.05) is 12.7 Å². The highest BCUT2D eigenvalue weighted by atomic mass is 16.3. The van der Waals surface area contributed by atoms with E-state index in [1.165, 1.54) is 0 Å². The Labute approximate surface area is 72.4 Å². The van der Waals surface area contributed by atoms with Crippen LogP contribution in [0.1, 0.15) is 5.69 Å². The third kappa shape index (κ3) is 2.32. The Hall–Kier alpha value is -0.870. The number of hydrogen-bond acceptors (Lipinski definition) is 3. The van der Waals surface area contributed by atoms with Crippen molar-refractivity contribution in [2.75, 3.05) is 20.6 Å². The van der Waals surface area contributed by atoms with E-state index in [0.717, 1.165) is 18.8 Å². The minimum atomic E-state index is 0.0629. The number of nitrogens with zero attached hydrogens (tertiary/aromatic N) is 3. The molecule has 1 heterocycles. The smallest absolute Gasteiger partial charge is 0.0849 e. The summed E-state index contributed by atoms with van der Waals surface area (Å²) in [6.45, 7) is 1.83. The van der Waals surface area contributed by atoms with E-state index in [2.05, 4.69) is 10.00 Å². The summed E-state index contributed by atoms with van der Waals surface area (Å²) in [7, 11) is 4.03. The molecule has 0 unspecified atom stereocenters. The fraction of sp³-hybridized carbons (Fsp3) is 0.625. The van der Waals surface area contributed by atoms with Crippen molar-refractivity contribution in [2.24, 2.45) is 0 Å². The lowest BCUT2D eigenvalue weighted by Crippen LogP contribution is -2.20. The third-order valence-corrected chi connectivity index (χ3v) is 1.73. The van der Waals surface area contributed by atoms with Gasteiger partial charge < -0.3 is 10.0 Å². The normalized spacial score (nSPS) is 11.0. The zero-order valence-corrected chi connectivity index (χ0v) is 7.56. The van der Waals surface area contributed by atoms with Crippen LogP contribution in [0, 0.1) is 0 Å². The molecule has 0 radical (unpaired) electrons. The van der Waals surface area contributed by atoms with E-state index in [1.807, 2.05) is 24.8 Å². The Kier molecular flexibility index (Phi) is 3.25. The molecular weight excluding hydrogens is 154 g/mol. The Morgan fingerprint density at radius 1 is 1.58 bits per heavy atom. The van der Waals surface area contributed by atoms with Crippen molar-refractivity contribution in [1.82, 2.24) is 14.7 Å². The van der Waals surface area contributed by atoms with E-state index in [-0.39, 0.29) is 6.61 Å². The Bertz CT molecular complexity index is 232. The zero-order valence-electron chi connectivity index (χ0n) is 7.56. The van der Waals surface area contributed by atoms with Crippen LogP contribution in [-0.4, -0.2) is 40.4 Å². The quantitative estimate of drug-likeness (QED) is 0.686. The summed E-state index contributed by atoms with van der Waals surface area (Å²) in [5.41, 5.74) is 0.872. The minimum Gasteiger partial charge on any atom is -0.390 e. The van der Waals surface area contributed by atoms with Crippen molar-refractivity contribution in [3.05, 3.63) is 18.0 Å². The first kappa shape index (κ1) is 9.22. The van der Waals surface area contributed by atoms with E-state index >= 15 is 0 Å². The van der Waals surface area contributed by atoms with Crippen LogP contribution >= 0.6 is 0 Å². The van der Waals surface area contributed by atoms with Crippen molar-refractivity contribution in [3.63, 3.8) is 0 Å². The van der Waals surface area contributed by atoms with Gasteiger partial charge >= 0.3 is 0 Å². The highest BCUT2D eigenvalue weighted by molar-refractivity contribution is 4.98. The molecule has 12 heavy (non-hydrogen) atoms. The molecule has 68 valence electrons. The van der Waals surface area contributed by atoms with Crippen LogP contribution in [-0.2, 0) is 13.2 Å². The second-order valence-corrected chi connectivity index (χ2v) is 3.01. The molecule has 0 atom stereocenters. The molecule has 1 aromatic rings. The number of rotatable bonds is 4. The van der Waals surface area contributed by atoms with Gasteiger partial charge in [-0.25, -0.2) is 0 Å². The van der Waals surface area contributed by atoms with Gasteiger partial charge in [0.1, 0.15) is 0 Å². The predicted octanol–water partition coefficient (Wildman–Crippen LogP) is -0.0630. The molecule has 4 nitrogen and oxygen atoms in total. The van der Waals surface area contributed by atoms with Gasteiger partial charge in [-0.15, -0.1) is 0 Å². The van der Waals surface area contributed by atoms with Crippen molar-refractivity contribution in [2.45, 2.75) is 13.2 Å². The summed E-state index contributed by atoms with van der Waals surface area (Å²) in [6.07, 6.45) is 1.71. The van der Waals surface area contributed by atoms with Gasteiger partial charge in [0.2, 0.25) is 0 Å². The lowest BCUT2D eigenvalue weighted by molar-refractivity contribution is 0.263. The van der Waals surface area contributed by atoms with Crippen molar-refractivity contribution < 1.29 is 5.11 Å². The predicted molar refractivity (Wildman–Crippen MR) is 46.7 cm³/mol. The molecule has 1 aromatic heterocycles. The van der Waals surface area contributed by atoms with E-state index in [4.69, 9.17) is 5.11 Å². The summed E-state index contributed by atoms with van der Waals surface area (Å²) >= 11 is 0. The third-order valence-electron chi connectivity index (χ3n) is 1.73. The lowest BCUT2D eigenvalue weighted by Gasteiger charge is -2.10. The van der Waals surface area contributed by atoms with E-state index in [1.54, 1.807) is 6.20 Å². The molecule has 4 heteroatoms. The molecule has 0 aliphatic heterocycles. The lowest BCUT2D eigenvalue weighted by atomic mass is 10.4. The summed E-state index contributed by atoms with van der Waals surface area (Å²) < 4.78 is 1.82. The first-order valence-corrected chi connectivity index (χ1v) is 4.00. The molecule has 0 aliphatic carbocycles. The van der Waals surface area contributed by atoms with Crippen LogP contribution in [0.5, 0.6) is 0 Å². The van der Waals surface area contributed by atoms with Crippen LogP contribution in [0.15, 0.2) is 12.3 Å². The van der Waals surface area contributed by atoms with Crippen LogP contribution in [0.3, 0.4) is 0 Å². The van der Waals surface area contributed by atoms with Gasteiger partial charge in [0.15, 0.2) is 0 Å². The first-order valence-electron chi connectivity index (χ1n) is 4.00. The number of aromatic nitrogens is 2. The average Bonchev–Trinajstić information content (AvgIpc) is 2.47. The first-order chi connectivity index (χ1) is 5.74. The Morgan fingerprint density at radius 2 is 2.33 bits per heavy atom. The number of likely N-dealkylation sites (N-methyl/N-ethyl adjacent to an activating group) is 1. The molecule has 0 fully saturated rings. The van der Waals surface area contributed by atoms with Gasteiger partial charge in [-0.2, -0.15) is 5.10 Å². The van der Waals surface area contributed by atoms with Crippen LogP contribution < -0.4 is 0 Å². The molecule has 0 bridgehead atoms. The number of aliphatic hydroxyl groups excluding tert-OH is 1. The van der Waals surface area contributed by atoms with Crippen molar-refractivity contribution in [1.29, 1.82) is 0 Å². The summed E-state index contributed by atoms with van der Waals surface area (Å²) in [5, 5.41) is 13.0. The molecule has 1 rings (SSSR count). The molecule has 0 aliphatic rings. The van der Waals surface area contributed by atoms with Crippen molar-refractivity contribution in [3.8, 4) is 0 Å². The van der Waals surface area contributed by atoms with Crippen LogP contribution in [0.25, 0.3) is 0 Å². The Balaban J connectivity index is 2.50. The maximum Gasteiger partial charge on any atom is 0.0849 e.